The highest BCUT2D eigenvalue weighted by molar-refractivity contribution is 5.95. The molecular weight excluding hydrogens is 224 g/mol. The highest BCUT2D eigenvalue weighted by atomic mass is 16.4. The smallest absolute Gasteiger partial charge is 0.336 e. The minimum atomic E-state index is -0.902. The van der Waals surface area contributed by atoms with Crippen LogP contribution in [-0.4, -0.2) is 11.1 Å². The molecule has 90 valence electrons. The van der Waals surface area contributed by atoms with E-state index < -0.39 is 5.97 Å². The monoisotopic (exact) mass is 238 g/mol. The molecule has 0 heterocycles. The van der Waals surface area contributed by atoms with Crippen LogP contribution < -0.4 is 0 Å². The molecule has 0 bridgehead atoms. The Morgan fingerprint density at radius 3 is 2.39 bits per heavy atom. The Kier molecular flexibility index (Phi) is 3.58. The predicted molar refractivity (Wildman–Crippen MR) is 72.7 cm³/mol. The standard InChI is InChI=1S/C16H14O2/c1-2-5-12-8-10-13(11-9-12)14-6-3-4-7-15(14)16(17)18/h2-4,6-11H,1,5H2,(H,17,18). The van der Waals surface area contributed by atoms with Crippen LogP contribution in [0.4, 0.5) is 0 Å². The second-order valence-corrected chi connectivity index (χ2v) is 4.04. The molecule has 0 atom stereocenters. The van der Waals surface area contributed by atoms with Crippen molar-refractivity contribution >= 4 is 5.97 Å². The normalized spacial score (nSPS) is 10.0. The number of hydrogen-bond donors (Lipinski definition) is 1. The van der Waals surface area contributed by atoms with Gasteiger partial charge in [-0.25, -0.2) is 4.79 Å². The van der Waals surface area contributed by atoms with E-state index in [1.54, 1.807) is 12.1 Å². The van der Waals surface area contributed by atoms with E-state index in [4.69, 9.17) is 5.11 Å². The third kappa shape index (κ3) is 2.48. The maximum absolute atomic E-state index is 11.2. The van der Waals surface area contributed by atoms with Crippen molar-refractivity contribution < 1.29 is 9.90 Å². The van der Waals surface area contributed by atoms with Gasteiger partial charge in [0.15, 0.2) is 0 Å². The molecule has 2 nitrogen and oxygen atoms in total. The first kappa shape index (κ1) is 12.1. The second-order valence-electron chi connectivity index (χ2n) is 4.04. The van der Waals surface area contributed by atoms with Gasteiger partial charge in [-0.05, 0) is 29.2 Å². The Morgan fingerprint density at radius 2 is 1.78 bits per heavy atom. The molecular formula is C16H14O2. The van der Waals surface area contributed by atoms with Crippen LogP contribution in [0.15, 0.2) is 61.2 Å². The lowest BCUT2D eigenvalue weighted by Gasteiger charge is -2.06. The molecule has 0 saturated heterocycles. The summed E-state index contributed by atoms with van der Waals surface area (Å²) in [6, 6.07) is 14.9. The Bertz CT molecular complexity index is 568. The van der Waals surface area contributed by atoms with Crippen LogP contribution >= 0.6 is 0 Å². The fourth-order valence-corrected chi connectivity index (χ4v) is 1.91. The maximum Gasteiger partial charge on any atom is 0.336 e. The molecule has 1 N–H and O–H groups in total. The average Bonchev–Trinajstić information content (AvgIpc) is 2.40. The Morgan fingerprint density at radius 1 is 1.11 bits per heavy atom. The number of benzene rings is 2. The van der Waals surface area contributed by atoms with Gasteiger partial charge in [0, 0.05) is 0 Å². The summed E-state index contributed by atoms with van der Waals surface area (Å²) in [6.45, 7) is 3.70. The van der Waals surface area contributed by atoms with Gasteiger partial charge in [-0.1, -0.05) is 48.5 Å². The lowest BCUT2D eigenvalue weighted by Crippen LogP contribution is -1.98. The first-order chi connectivity index (χ1) is 8.72. The first-order valence-electron chi connectivity index (χ1n) is 5.75. The summed E-state index contributed by atoms with van der Waals surface area (Å²) in [7, 11) is 0. The summed E-state index contributed by atoms with van der Waals surface area (Å²) >= 11 is 0. The van der Waals surface area contributed by atoms with E-state index in [1.807, 2.05) is 42.5 Å². The fraction of sp³-hybridized carbons (Fsp3) is 0.0625. The van der Waals surface area contributed by atoms with E-state index >= 15 is 0 Å². The molecule has 18 heavy (non-hydrogen) atoms. The molecule has 0 fully saturated rings. The van der Waals surface area contributed by atoms with Crippen molar-refractivity contribution in [3.8, 4) is 11.1 Å². The minimum absolute atomic E-state index is 0.328. The van der Waals surface area contributed by atoms with Crippen LogP contribution in [0.3, 0.4) is 0 Å². The number of carboxylic acid groups (broad SMARTS) is 1. The van der Waals surface area contributed by atoms with Crippen molar-refractivity contribution in [2.45, 2.75) is 6.42 Å². The highest BCUT2D eigenvalue weighted by Crippen LogP contribution is 2.24. The third-order valence-corrected chi connectivity index (χ3v) is 2.80. The van der Waals surface area contributed by atoms with Crippen molar-refractivity contribution in [3.05, 3.63) is 72.3 Å². The van der Waals surface area contributed by atoms with Crippen molar-refractivity contribution in [1.82, 2.24) is 0 Å². The molecule has 2 heteroatoms. The van der Waals surface area contributed by atoms with Gasteiger partial charge in [0.2, 0.25) is 0 Å². The molecule has 0 radical (unpaired) electrons. The van der Waals surface area contributed by atoms with Crippen molar-refractivity contribution in [2.75, 3.05) is 0 Å². The van der Waals surface area contributed by atoms with Crippen LogP contribution in [0, 0.1) is 0 Å². The summed E-state index contributed by atoms with van der Waals surface area (Å²) in [5.74, 6) is -0.902. The SMILES string of the molecule is C=CCc1ccc(-c2ccccc2C(=O)O)cc1. The fourth-order valence-electron chi connectivity index (χ4n) is 1.91. The van der Waals surface area contributed by atoms with Gasteiger partial charge in [-0.3, -0.25) is 0 Å². The number of allylic oxidation sites excluding steroid dienone is 1. The Labute approximate surface area is 106 Å². The van der Waals surface area contributed by atoms with Crippen LogP contribution in [0.25, 0.3) is 11.1 Å². The summed E-state index contributed by atoms with van der Waals surface area (Å²) in [5, 5.41) is 9.15. The Hall–Kier alpha value is -2.35. The highest BCUT2D eigenvalue weighted by Gasteiger charge is 2.10. The average molecular weight is 238 g/mol. The zero-order chi connectivity index (χ0) is 13.0. The number of hydrogen-bond acceptors (Lipinski definition) is 1. The summed E-state index contributed by atoms with van der Waals surface area (Å²) < 4.78 is 0. The maximum atomic E-state index is 11.2. The molecule has 0 aliphatic carbocycles. The van der Waals surface area contributed by atoms with Gasteiger partial charge >= 0.3 is 5.97 Å². The van der Waals surface area contributed by atoms with E-state index in [1.165, 1.54) is 5.56 Å². The van der Waals surface area contributed by atoms with Crippen LogP contribution in [0.1, 0.15) is 15.9 Å². The first-order valence-corrected chi connectivity index (χ1v) is 5.75. The van der Waals surface area contributed by atoms with E-state index in [-0.39, 0.29) is 0 Å². The summed E-state index contributed by atoms with van der Waals surface area (Å²) in [5.41, 5.74) is 3.16. The molecule has 0 spiro atoms. The van der Waals surface area contributed by atoms with Crippen LogP contribution in [0.2, 0.25) is 0 Å². The van der Waals surface area contributed by atoms with E-state index in [9.17, 15) is 4.79 Å². The van der Waals surface area contributed by atoms with Gasteiger partial charge in [0.1, 0.15) is 0 Å². The molecule has 0 amide bonds. The molecule has 2 aromatic rings. The molecule has 2 aromatic carbocycles. The lowest BCUT2D eigenvalue weighted by molar-refractivity contribution is 0.0697. The van der Waals surface area contributed by atoms with Gasteiger partial charge in [-0.15, -0.1) is 6.58 Å². The summed E-state index contributed by atoms with van der Waals surface area (Å²) in [6.07, 6.45) is 2.67. The molecule has 0 aromatic heterocycles. The van der Waals surface area contributed by atoms with E-state index in [0.29, 0.717) is 5.56 Å². The predicted octanol–water partition coefficient (Wildman–Crippen LogP) is 3.78. The molecule has 2 rings (SSSR count). The Balaban J connectivity index is 2.42. The third-order valence-electron chi connectivity index (χ3n) is 2.80. The molecule has 0 aliphatic heterocycles. The molecule has 0 unspecified atom stereocenters. The number of carbonyl (C=O) groups is 1. The second kappa shape index (κ2) is 5.32. The van der Waals surface area contributed by atoms with Crippen molar-refractivity contribution in [2.24, 2.45) is 0 Å². The topological polar surface area (TPSA) is 37.3 Å². The number of rotatable bonds is 4. The number of aromatic carboxylic acids is 1. The van der Waals surface area contributed by atoms with Gasteiger partial charge < -0.3 is 5.11 Å². The largest absolute Gasteiger partial charge is 0.478 e. The molecule has 0 saturated carbocycles. The van der Waals surface area contributed by atoms with E-state index in [2.05, 4.69) is 6.58 Å². The van der Waals surface area contributed by atoms with Crippen LogP contribution in [0.5, 0.6) is 0 Å². The number of carboxylic acids is 1. The zero-order valence-electron chi connectivity index (χ0n) is 9.97. The zero-order valence-corrected chi connectivity index (χ0v) is 9.97. The van der Waals surface area contributed by atoms with Gasteiger partial charge in [0.05, 0.1) is 5.56 Å². The summed E-state index contributed by atoms with van der Waals surface area (Å²) in [4.78, 5) is 11.2. The van der Waals surface area contributed by atoms with Crippen molar-refractivity contribution in [3.63, 3.8) is 0 Å². The van der Waals surface area contributed by atoms with Gasteiger partial charge in [-0.2, -0.15) is 0 Å². The van der Waals surface area contributed by atoms with E-state index in [0.717, 1.165) is 17.5 Å². The van der Waals surface area contributed by atoms with Crippen molar-refractivity contribution in [1.29, 1.82) is 0 Å². The molecule has 0 aliphatic rings. The lowest BCUT2D eigenvalue weighted by atomic mass is 9.98. The van der Waals surface area contributed by atoms with Gasteiger partial charge in [0.25, 0.3) is 0 Å². The minimum Gasteiger partial charge on any atom is -0.478 e. The van der Waals surface area contributed by atoms with Crippen LogP contribution in [-0.2, 0) is 6.42 Å². The quantitative estimate of drug-likeness (QED) is 0.823.